The van der Waals surface area contributed by atoms with Gasteiger partial charge >= 0.3 is 6.03 Å². The van der Waals surface area contributed by atoms with Crippen molar-refractivity contribution in [3.63, 3.8) is 0 Å². The van der Waals surface area contributed by atoms with Gasteiger partial charge in [0.05, 0.1) is 11.9 Å². The zero-order valence-corrected chi connectivity index (χ0v) is 21.7. The molecule has 190 valence electrons. The summed E-state index contributed by atoms with van der Waals surface area (Å²) in [5.41, 5.74) is 7.32. The first-order valence-electron chi connectivity index (χ1n) is 12.5. The Labute approximate surface area is 217 Å². The highest BCUT2D eigenvalue weighted by atomic mass is 16.2. The van der Waals surface area contributed by atoms with E-state index < -0.39 is 0 Å². The maximum Gasteiger partial charge on any atom is 0.323 e. The lowest BCUT2D eigenvalue weighted by molar-refractivity contribution is 0.148. The summed E-state index contributed by atoms with van der Waals surface area (Å²) in [6.07, 6.45) is 1.83. The first-order chi connectivity index (χ1) is 17.9. The Hall–Kier alpha value is -4.01. The van der Waals surface area contributed by atoms with E-state index in [4.69, 9.17) is 0 Å². The predicted octanol–water partition coefficient (Wildman–Crippen LogP) is 5.06. The molecule has 0 unspecified atom stereocenters. The normalized spacial score (nSPS) is 14.6. The highest BCUT2D eigenvalue weighted by molar-refractivity contribution is 6.00. The summed E-state index contributed by atoms with van der Waals surface area (Å²) in [7, 11) is 4.05. The second kappa shape index (κ2) is 10.5. The average molecular weight is 496 g/mol. The molecular formula is C29H33N7O. The number of nitrogens with zero attached hydrogens (tertiary/aromatic N) is 5. The molecule has 4 aromatic rings. The number of carbonyl (C=O) groups is 1. The zero-order chi connectivity index (χ0) is 25.9. The van der Waals surface area contributed by atoms with Gasteiger partial charge in [-0.2, -0.15) is 5.10 Å². The van der Waals surface area contributed by atoms with Crippen molar-refractivity contribution in [2.24, 2.45) is 7.05 Å². The monoisotopic (exact) mass is 495 g/mol. The highest BCUT2D eigenvalue weighted by Gasteiger charge is 2.14. The molecule has 2 amide bonds. The lowest BCUT2D eigenvalue weighted by Crippen LogP contribution is -2.43. The van der Waals surface area contributed by atoms with E-state index in [-0.39, 0.29) is 6.03 Å². The van der Waals surface area contributed by atoms with Crippen molar-refractivity contribution in [2.45, 2.75) is 13.5 Å². The molecule has 0 spiro atoms. The molecule has 0 atom stereocenters. The Balaban J connectivity index is 1.22. The van der Waals surface area contributed by atoms with Gasteiger partial charge in [0.1, 0.15) is 0 Å². The SMILES string of the molecule is C=C(C)c1cc(-c2ccc(NC(=O)Nc3ccc(CN4CCN(C)CC4)cc3)cc2)c2cnn(C)c2n1. The van der Waals surface area contributed by atoms with Crippen LogP contribution in [0.3, 0.4) is 0 Å². The molecule has 8 heteroatoms. The molecule has 0 aliphatic carbocycles. The average Bonchev–Trinajstić information content (AvgIpc) is 3.27. The minimum absolute atomic E-state index is 0.275. The number of nitrogens with one attached hydrogen (secondary N) is 2. The Morgan fingerprint density at radius 1 is 0.946 bits per heavy atom. The van der Waals surface area contributed by atoms with E-state index in [1.807, 2.05) is 62.6 Å². The van der Waals surface area contributed by atoms with Crippen LogP contribution in [0.4, 0.5) is 16.2 Å². The number of piperazine rings is 1. The van der Waals surface area contributed by atoms with Crippen LogP contribution in [0.2, 0.25) is 0 Å². The number of carbonyl (C=O) groups excluding carboxylic acids is 1. The van der Waals surface area contributed by atoms with Crippen LogP contribution < -0.4 is 10.6 Å². The summed E-state index contributed by atoms with van der Waals surface area (Å²) in [5.74, 6) is 0. The topological polar surface area (TPSA) is 78.3 Å². The number of aryl methyl sites for hydroxylation is 1. The van der Waals surface area contributed by atoms with Gasteiger partial charge in [0, 0.05) is 56.5 Å². The second-order valence-corrected chi connectivity index (χ2v) is 9.77. The third-order valence-corrected chi connectivity index (χ3v) is 6.81. The zero-order valence-electron chi connectivity index (χ0n) is 21.7. The van der Waals surface area contributed by atoms with Gasteiger partial charge in [-0.1, -0.05) is 30.8 Å². The molecule has 1 aliphatic heterocycles. The number of likely N-dealkylation sites (N-methyl/N-ethyl adjacent to an activating group) is 1. The molecule has 37 heavy (non-hydrogen) atoms. The fraction of sp³-hybridized carbons (Fsp3) is 0.276. The van der Waals surface area contributed by atoms with Gasteiger partial charge in [0.25, 0.3) is 0 Å². The Bertz CT molecular complexity index is 1420. The molecule has 0 bridgehead atoms. The van der Waals surface area contributed by atoms with E-state index in [2.05, 4.69) is 56.3 Å². The molecule has 2 N–H and O–H groups in total. The number of hydrogen-bond acceptors (Lipinski definition) is 5. The van der Waals surface area contributed by atoms with Crippen LogP contribution in [0, 0.1) is 0 Å². The van der Waals surface area contributed by atoms with Gasteiger partial charge in [-0.25, -0.2) is 9.78 Å². The van der Waals surface area contributed by atoms with Crippen LogP contribution in [0.15, 0.2) is 67.4 Å². The van der Waals surface area contributed by atoms with Crippen LogP contribution in [-0.2, 0) is 13.6 Å². The fourth-order valence-corrected chi connectivity index (χ4v) is 4.56. The van der Waals surface area contributed by atoms with Gasteiger partial charge in [-0.05, 0) is 66.6 Å². The van der Waals surface area contributed by atoms with Crippen LogP contribution in [0.5, 0.6) is 0 Å². The fourth-order valence-electron chi connectivity index (χ4n) is 4.56. The van der Waals surface area contributed by atoms with Crippen LogP contribution in [0.1, 0.15) is 18.2 Å². The molecule has 2 aromatic heterocycles. The van der Waals surface area contributed by atoms with Gasteiger partial charge < -0.3 is 15.5 Å². The summed E-state index contributed by atoms with van der Waals surface area (Å²) in [6.45, 7) is 11.3. The minimum Gasteiger partial charge on any atom is -0.308 e. The van der Waals surface area contributed by atoms with Crippen molar-refractivity contribution in [3.05, 3.63) is 78.6 Å². The summed E-state index contributed by atoms with van der Waals surface area (Å²) in [6, 6.07) is 17.6. The first-order valence-corrected chi connectivity index (χ1v) is 12.5. The maximum absolute atomic E-state index is 12.6. The van der Waals surface area contributed by atoms with Gasteiger partial charge in [-0.3, -0.25) is 9.58 Å². The van der Waals surface area contributed by atoms with Crippen molar-refractivity contribution < 1.29 is 4.79 Å². The summed E-state index contributed by atoms with van der Waals surface area (Å²) >= 11 is 0. The predicted molar refractivity (Wildman–Crippen MR) is 151 cm³/mol. The van der Waals surface area contributed by atoms with Gasteiger partial charge in [0.15, 0.2) is 5.65 Å². The van der Waals surface area contributed by atoms with Crippen molar-refractivity contribution >= 4 is 34.0 Å². The number of allylic oxidation sites excluding steroid dienone is 1. The van der Waals surface area contributed by atoms with Crippen molar-refractivity contribution in [3.8, 4) is 11.1 Å². The largest absolute Gasteiger partial charge is 0.323 e. The third kappa shape index (κ3) is 5.71. The molecule has 1 saturated heterocycles. The Morgan fingerprint density at radius 3 is 2.19 bits per heavy atom. The number of urea groups is 1. The van der Waals surface area contributed by atoms with Crippen molar-refractivity contribution in [2.75, 3.05) is 43.9 Å². The van der Waals surface area contributed by atoms with Gasteiger partial charge in [0.2, 0.25) is 0 Å². The number of benzene rings is 2. The van der Waals surface area contributed by atoms with E-state index in [1.54, 1.807) is 4.68 Å². The number of pyridine rings is 1. The number of aromatic nitrogens is 3. The summed E-state index contributed by atoms with van der Waals surface area (Å²) in [4.78, 5) is 22.1. The molecule has 3 heterocycles. The Morgan fingerprint density at radius 2 is 1.57 bits per heavy atom. The van der Waals surface area contributed by atoms with Crippen LogP contribution in [0.25, 0.3) is 27.7 Å². The molecule has 1 fully saturated rings. The van der Waals surface area contributed by atoms with Crippen molar-refractivity contribution in [1.82, 2.24) is 24.6 Å². The maximum atomic E-state index is 12.6. The number of fused-ring (bicyclic) bond motifs is 1. The lowest BCUT2D eigenvalue weighted by Gasteiger charge is -2.32. The lowest BCUT2D eigenvalue weighted by atomic mass is 10.0. The smallest absolute Gasteiger partial charge is 0.308 e. The number of rotatable bonds is 6. The van der Waals surface area contributed by atoms with E-state index in [0.29, 0.717) is 5.69 Å². The molecule has 5 rings (SSSR count). The molecule has 0 saturated carbocycles. The van der Waals surface area contributed by atoms with Crippen molar-refractivity contribution in [1.29, 1.82) is 0 Å². The third-order valence-electron chi connectivity index (χ3n) is 6.81. The van der Waals surface area contributed by atoms with E-state index >= 15 is 0 Å². The molecular weight excluding hydrogens is 462 g/mol. The molecule has 2 aromatic carbocycles. The molecule has 8 nitrogen and oxygen atoms in total. The standard InChI is InChI=1S/C29H33N7O/c1-20(2)27-17-25(26-18-30-35(4)28(26)33-27)22-7-11-24(12-8-22)32-29(37)31-23-9-5-21(6-10-23)19-36-15-13-34(3)14-16-36/h5-12,17-18H,1,13-16,19H2,2-4H3,(H2,31,32,37). The highest BCUT2D eigenvalue weighted by Crippen LogP contribution is 2.31. The molecule has 0 radical (unpaired) electrons. The second-order valence-electron chi connectivity index (χ2n) is 9.77. The number of anilines is 2. The number of amides is 2. The van der Waals surface area contributed by atoms with Crippen LogP contribution >= 0.6 is 0 Å². The van der Waals surface area contributed by atoms with Gasteiger partial charge in [-0.15, -0.1) is 0 Å². The summed E-state index contributed by atoms with van der Waals surface area (Å²) in [5, 5.41) is 11.2. The summed E-state index contributed by atoms with van der Waals surface area (Å²) < 4.78 is 1.77. The Kier molecular flexibility index (Phi) is 7.03. The minimum atomic E-state index is -0.275. The van der Waals surface area contributed by atoms with Crippen LogP contribution in [-0.4, -0.2) is 63.8 Å². The van der Waals surface area contributed by atoms with E-state index in [1.165, 1.54) is 5.56 Å². The quantitative estimate of drug-likeness (QED) is 0.391. The van der Waals surface area contributed by atoms with E-state index in [0.717, 1.165) is 71.8 Å². The molecule has 1 aliphatic rings. The number of hydrogen-bond donors (Lipinski definition) is 2. The first kappa shape index (κ1) is 24.7. The van der Waals surface area contributed by atoms with E-state index in [9.17, 15) is 4.79 Å².